The molecule has 2 N–H and O–H groups in total. The third-order valence-corrected chi connectivity index (χ3v) is 4.16. The molecule has 0 saturated heterocycles. The number of aryl methyl sites for hydroxylation is 2. The molecule has 1 fully saturated rings. The lowest BCUT2D eigenvalue weighted by Gasteiger charge is -2.21. The maximum Gasteiger partial charge on any atom is 0.422 e. The molecule has 0 radical (unpaired) electrons. The summed E-state index contributed by atoms with van der Waals surface area (Å²) < 4.78 is 45.7. The number of aromatic nitrogens is 3. The second kappa shape index (κ2) is 9.21. The number of hydrogen-bond acceptors (Lipinski definition) is 7. The molecule has 1 aliphatic rings. The number of nitrogens with one attached hydrogen (secondary N) is 1. The van der Waals surface area contributed by atoms with E-state index in [2.05, 4.69) is 20.4 Å². The van der Waals surface area contributed by atoms with Gasteiger partial charge in [-0.25, -0.2) is 0 Å². The van der Waals surface area contributed by atoms with Crippen molar-refractivity contribution in [2.45, 2.75) is 51.2 Å². The van der Waals surface area contributed by atoms with E-state index in [1.54, 1.807) is 33.0 Å². The molecule has 0 bridgehead atoms. The van der Waals surface area contributed by atoms with Crippen molar-refractivity contribution in [2.75, 3.05) is 13.2 Å². The molecule has 0 aromatic carbocycles. The Balaban J connectivity index is 0.000000212. The molecule has 2 aromatic heterocycles. The van der Waals surface area contributed by atoms with Crippen LogP contribution in [0.5, 0.6) is 5.75 Å². The van der Waals surface area contributed by atoms with E-state index in [1.165, 1.54) is 0 Å². The average Bonchev–Trinajstić information content (AvgIpc) is 3.40. The normalized spacial score (nSPS) is 15.7. The number of carbonyl (C=O) groups is 1. The molecule has 11 heteroatoms. The highest BCUT2D eigenvalue weighted by Gasteiger charge is 2.32. The van der Waals surface area contributed by atoms with Crippen LogP contribution in [0.3, 0.4) is 0 Å². The van der Waals surface area contributed by atoms with Gasteiger partial charge in [-0.05, 0) is 32.6 Å². The first kappa shape index (κ1) is 22.6. The zero-order valence-corrected chi connectivity index (χ0v) is 16.3. The van der Waals surface area contributed by atoms with Gasteiger partial charge in [0.05, 0.1) is 6.61 Å². The zero-order chi connectivity index (χ0) is 21.7. The molecular formula is C18H23F3N4O4. The molecule has 0 aliphatic heterocycles. The van der Waals surface area contributed by atoms with E-state index >= 15 is 0 Å². The lowest BCUT2D eigenvalue weighted by molar-refractivity contribution is -0.153. The van der Waals surface area contributed by atoms with E-state index in [0.29, 0.717) is 29.7 Å². The van der Waals surface area contributed by atoms with Gasteiger partial charge in [0, 0.05) is 30.4 Å². The molecule has 2 aromatic rings. The summed E-state index contributed by atoms with van der Waals surface area (Å²) in [6.45, 7) is 3.44. The number of nitrogens with zero attached hydrogens (tertiary/aromatic N) is 3. The first-order chi connectivity index (χ1) is 13.6. The number of aliphatic hydroxyl groups excluding tert-OH is 1. The average molecular weight is 416 g/mol. The third-order valence-electron chi connectivity index (χ3n) is 4.16. The number of alkyl halides is 3. The maximum absolute atomic E-state index is 12.0. The van der Waals surface area contributed by atoms with Crippen LogP contribution in [0.4, 0.5) is 13.2 Å². The molecule has 29 heavy (non-hydrogen) atoms. The van der Waals surface area contributed by atoms with E-state index in [4.69, 9.17) is 14.4 Å². The first-order valence-corrected chi connectivity index (χ1v) is 8.87. The molecule has 1 saturated carbocycles. The Morgan fingerprint density at radius 2 is 2.07 bits per heavy atom. The van der Waals surface area contributed by atoms with Crippen molar-refractivity contribution in [3.8, 4) is 5.75 Å². The summed E-state index contributed by atoms with van der Waals surface area (Å²) in [5, 5.41) is 15.1. The molecule has 3 rings (SSSR count). The number of halogens is 3. The molecule has 1 aliphatic carbocycles. The van der Waals surface area contributed by atoms with Crippen molar-refractivity contribution in [3.05, 3.63) is 35.2 Å². The number of amides is 1. The van der Waals surface area contributed by atoms with Gasteiger partial charge in [-0.2, -0.15) is 18.2 Å². The van der Waals surface area contributed by atoms with Gasteiger partial charge in [0.25, 0.3) is 0 Å². The summed E-state index contributed by atoms with van der Waals surface area (Å²) in [6.07, 6.45) is -0.168. The van der Waals surface area contributed by atoms with Crippen molar-refractivity contribution in [1.29, 1.82) is 0 Å². The molecule has 0 spiro atoms. The van der Waals surface area contributed by atoms with Gasteiger partial charge >= 0.3 is 6.18 Å². The van der Waals surface area contributed by atoms with E-state index in [9.17, 15) is 18.0 Å². The van der Waals surface area contributed by atoms with Crippen LogP contribution < -0.4 is 10.1 Å². The van der Waals surface area contributed by atoms with Crippen molar-refractivity contribution < 1.29 is 32.3 Å². The van der Waals surface area contributed by atoms with Crippen LogP contribution in [0, 0.1) is 13.8 Å². The molecule has 8 nitrogen and oxygen atoms in total. The van der Waals surface area contributed by atoms with Gasteiger partial charge in [0.1, 0.15) is 11.3 Å². The topological polar surface area (TPSA) is 110 Å². The highest BCUT2D eigenvalue weighted by molar-refractivity contribution is 5.48. The minimum atomic E-state index is -4.29. The number of carbonyl (C=O) groups excluding carboxylic acids is 1. The van der Waals surface area contributed by atoms with Gasteiger partial charge in [0.2, 0.25) is 12.3 Å². The van der Waals surface area contributed by atoms with Gasteiger partial charge in [-0.1, -0.05) is 5.16 Å². The largest absolute Gasteiger partial charge is 0.484 e. The number of pyridine rings is 1. The fourth-order valence-corrected chi connectivity index (χ4v) is 2.37. The number of aliphatic hydroxyl groups is 1. The smallest absolute Gasteiger partial charge is 0.422 e. The Morgan fingerprint density at radius 1 is 1.38 bits per heavy atom. The fraction of sp³-hybridized carbons (Fsp3) is 0.556. The standard InChI is InChI=1S/C11H12F3NO.C7H11N3O3/c1-7-4-10(16-6-11(12,13)14)9(5-15-7)8-2-3-8;1-5-9-6(10-13-5)7(2,3-11)8-4-12/h4-5,8H,2-3,6H2,1H3;4,11H,3H2,1-2H3,(H,8,12). The van der Waals surface area contributed by atoms with Crippen molar-refractivity contribution >= 4 is 6.41 Å². The minimum Gasteiger partial charge on any atom is -0.484 e. The summed E-state index contributed by atoms with van der Waals surface area (Å²) in [7, 11) is 0. The van der Waals surface area contributed by atoms with E-state index in [0.717, 1.165) is 18.4 Å². The van der Waals surface area contributed by atoms with Crippen molar-refractivity contribution in [2.24, 2.45) is 0 Å². The van der Waals surface area contributed by atoms with Crippen LogP contribution in [0.15, 0.2) is 16.8 Å². The molecule has 1 unspecified atom stereocenters. The summed E-state index contributed by atoms with van der Waals surface area (Å²) in [4.78, 5) is 18.2. The maximum atomic E-state index is 12.0. The predicted molar refractivity (Wildman–Crippen MR) is 95.2 cm³/mol. The lowest BCUT2D eigenvalue weighted by Crippen LogP contribution is -2.43. The molecule has 1 atom stereocenters. The second-order valence-electron chi connectivity index (χ2n) is 6.93. The Labute approximate surface area is 165 Å². The quantitative estimate of drug-likeness (QED) is 0.668. The number of ether oxygens (including phenoxy) is 1. The predicted octanol–water partition coefficient (Wildman–Crippen LogP) is 2.54. The molecule has 160 valence electrons. The van der Waals surface area contributed by atoms with Gasteiger partial charge in [-0.3, -0.25) is 9.78 Å². The van der Waals surface area contributed by atoms with Gasteiger partial charge in [0.15, 0.2) is 12.4 Å². The Hall–Kier alpha value is -2.69. The van der Waals surface area contributed by atoms with Gasteiger partial charge in [-0.15, -0.1) is 0 Å². The van der Waals surface area contributed by atoms with Crippen LogP contribution in [0.2, 0.25) is 0 Å². The van der Waals surface area contributed by atoms with Crippen LogP contribution in [-0.2, 0) is 10.3 Å². The zero-order valence-electron chi connectivity index (χ0n) is 16.3. The number of rotatable bonds is 7. The molecular weight excluding hydrogens is 393 g/mol. The van der Waals surface area contributed by atoms with Crippen molar-refractivity contribution in [3.63, 3.8) is 0 Å². The first-order valence-electron chi connectivity index (χ1n) is 8.87. The second-order valence-corrected chi connectivity index (χ2v) is 6.93. The highest BCUT2D eigenvalue weighted by Crippen LogP contribution is 2.44. The Kier molecular flexibility index (Phi) is 7.17. The van der Waals surface area contributed by atoms with E-state index in [1.807, 2.05) is 0 Å². The monoisotopic (exact) mass is 416 g/mol. The highest BCUT2D eigenvalue weighted by atomic mass is 19.4. The van der Waals surface area contributed by atoms with Crippen LogP contribution in [0.1, 0.15) is 48.7 Å². The van der Waals surface area contributed by atoms with E-state index in [-0.39, 0.29) is 12.4 Å². The summed E-state index contributed by atoms with van der Waals surface area (Å²) in [6, 6.07) is 1.57. The summed E-state index contributed by atoms with van der Waals surface area (Å²) in [5.74, 6) is 1.31. The lowest BCUT2D eigenvalue weighted by atomic mass is 10.0. The van der Waals surface area contributed by atoms with Crippen LogP contribution in [0.25, 0.3) is 0 Å². The minimum absolute atomic E-state index is 0.264. The SMILES string of the molecule is Cc1cc(OCC(F)(F)F)c(C2CC2)cn1.Cc1nc(C(C)(CO)NC=O)no1. The Morgan fingerprint density at radius 3 is 2.55 bits per heavy atom. The Bertz CT molecular complexity index is 824. The fourth-order valence-electron chi connectivity index (χ4n) is 2.37. The van der Waals surface area contributed by atoms with Crippen molar-refractivity contribution in [1.82, 2.24) is 20.4 Å². The number of hydrogen-bond donors (Lipinski definition) is 2. The van der Waals surface area contributed by atoms with E-state index < -0.39 is 18.3 Å². The van der Waals surface area contributed by atoms with Gasteiger partial charge < -0.3 is 19.7 Å². The molecule has 1 amide bonds. The van der Waals surface area contributed by atoms with Crippen LogP contribution >= 0.6 is 0 Å². The third kappa shape index (κ3) is 6.70. The molecule has 2 heterocycles. The van der Waals surface area contributed by atoms with Crippen LogP contribution in [-0.4, -0.2) is 46.0 Å². The summed E-state index contributed by atoms with van der Waals surface area (Å²) in [5.41, 5.74) is 0.496. The summed E-state index contributed by atoms with van der Waals surface area (Å²) >= 11 is 0.